The molecule has 6 nitrogen and oxygen atoms in total. The van der Waals surface area contributed by atoms with Gasteiger partial charge in [-0.05, 0) is 19.1 Å². The first-order valence-corrected chi connectivity index (χ1v) is 8.29. The van der Waals surface area contributed by atoms with Crippen LogP contribution in [0.25, 0.3) is 0 Å². The van der Waals surface area contributed by atoms with Gasteiger partial charge in [0.05, 0.1) is 13.2 Å². The molecule has 0 spiro atoms. The lowest BCUT2D eigenvalue weighted by Gasteiger charge is -2.41. The van der Waals surface area contributed by atoms with E-state index in [1.54, 1.807) is 13.3 Å². The normalized spacial score (nSPS) is 16.4. The smallest absolute Gasteiger partial charge is 0.243 e. The molecule has 1 atom stereocenters. The van der Waals surface area contributed by atoms with Crippen LogP contribution in [0, 0.1) is 0 Å². The Balaban J connectivity index is 1.47. The van der Waals surface area contributed by atoms with E-state index in [0.29, 0.717) is 5.13 Å². The molecule has 1 N–H and O–H groups in total. The average molecular weight is 333 g/mol. The fourth-order valence-electron chi connectivity index (χ4n) is 2.39. The van der Waals surface area contributed by atoms with Crippen molar-refractivity contribution < 1.29 is 14.3 Å². The number of ether oxygens (including phenoxy) is 2. The van der Waals surface area contributed by atoms with E-state index < -0.39 is 0 Å². The Morgan fingerprint density at radius 3 is 2.91 bits per heavy atom. The molecular weight excluding hydrogens is 314 g/mol. The topological polar surface area (TPSA) is 63.7 Å². The fourth-order valence-corrected chi connectivity index (χ4v) is 2.92. The second-order valence-electron chi connectivity index (χ2n) is 5.38. The largest absolute Gasteiger partial charge is 0.497 e. The summed E-state index contributed by atoms with van der Waals surface area (Å²) in [5.74, 6) is 1.52. The summed E-state index contributed by atoms with van der Waals surface area (Å²) in [7, 11) is 1.63. The minimum atomic E-state index is -0.205. The zero-order valence-electron chi connectivity index (χ0n) is 13.1. The van der Waals surface area contributed by atoms with Crippen LogP contribution >= 0.6 is 11.3 Å². The number of nitrogens with one attached hydrogen (secondary N) is 1. The maximum atomic E-state index is 12.1. The van der Waals surface area contributed by atoms with Crippen molar-refractivity contribution in [3.8, 4) is 11.5 Å². The molecule has 1 aromatic heterocycles. The molecule has 1 aliphatic rings. The zero-order valence-corrected chi connectivity index (χ0v) is 13.9. The van der Waals surface area contributed by atoms with Gasteiger partial charge in [0, 0.05) is 30.7 Å². The van der Waals surface area contributed by atoms with Crippen molar-refractivity contribution in [3.05, 3.63) is 35.8 Å². The number of carbonyl (C=O) groups excluding carboxylic acids is 1. The summed E-state index contributed by atoms with van der Waals surface area (Å²) in [5, 5.41) is 5.29. The molecule has 0 aliphatic carbocycles. The molecule has 3 rings (SSSR count). The Morgan fingerprint density at radius 1 is 1.43 bits per heavy atom. The van der Waals surface area contributed by atoms with Crippen molar-refractivity contribution in [2.45, 2.75) is 19.1 Å². The molecule has 0 bridgehead atoms. The Labute approximate surface area is 139 Å². The number of hydrogen-bond donors (Lipinski definition) is 1. The van der Waals surface area contributed by atoms with E-state index >= 15 is 0 Å². The highest BCUT2D eigenvalue weighted by Gasteiger charge is 2.35. The van der Waals surface area contributed by atoms with Gasteiger partial charge < -0.3 is 14.8 Å². The van der Waals surface area contributed by atoms with Crippen LogP contribution < -0.4 is 14.8 Å². The van der Waals surface area contributed by atoms with E-state index in [9.17, 15) is 4.79 Å². The van der Waals surface area contributed by atoms with Crippen molar-refractivity contribution in [2.75, 3.05) is 25.5 Å². The minimum Gasteiger partial charge on any atom is -0.497 e. The van der Waals surface area contributed by atoms with Gasteiger partial charge in [-0.3, -0.25) is 9.69 Å². The van der Waals surface area contributed by atoms with Gasteiger partial charge in [-0.2, -0.15) is 0 Å². The molecule has 0 saturated carbocycles. The molecule has 1 aliphatic heterocycles. The van der Waals surface area contributed by atoms with Crippen molar-refractivity contribution in [3.63, 3.8) is 0 Å². The standard InChI is InChI=1S/C16H19N3O3S/c1-11(15(20)18-16-17-6-7-23-16)19-9-14(10-19)22-13-5-3-4-12(8-13)21-2/h3-8,11,14H,9-10H2,1-2H3,(H,17,18,20)/t11-/m0/s1. The third kappa shape index (κ3) is 3.80. The average Bonchev–Trinajstić information content (AvgIpc) is 3.03. The number of carbonyl (C=O) groups is 1. The molecule has 1 fully saturated rings. The van der Waals surface area contributed by atoms with Gasteiger partial charge in [-0.15, -0.1) is 11.3 Å². The van der Waals surface area contributed by atoms with E-state index in [0.717, 1.165) is 24.6 Å². The lowest BCUT2D eigenvalue weighted by atomic mass is 10.1. The molecule has 1 saturated heterocycles. The number of benzene rings is 1. The molecule has 0 radical (unpaired) electrons. The Bertz CT molecular complexity index is 656. The van der Waals surface area contributed by atoms with E-state index in [4.69, 9.17) is 9.47 Å². The first kappa shape index (κ1) is 15.8. The highest BCUT2D eigenvalue weighted by molar-refractivity contribution is 7.13. The van der Waals surface area contributed by atoms with Crippen LogP contribution in [0.5, 0.6) is 11.5 Å². The number of amides is 1. The molecule has 7 heteroatoms. The van der Waals surface area contributed by atoms with Crippen LogP contribution in [0.2, 0.25) is 0 Å². The minimum absolute atomic E-state index is 0.0419. The van der Waals surface area contributed by atoms with Gasteiger partial charge in [-0.1, -0.05) is 6.07 Å². The van der Waals surface area contributed by atoms with E-state index in [1.807, 2.05) is 36.6 Å². The van der Waals surface area contributed by atoms with Gasteiger partial charge in [0.1, 0.15) is 17.6 Å². The molecular formula is C16H19N3O3S. The van der Waals surface area contributed by atoms with Crippen LogP contribution in [0.1, 0.15) is 6.92 Å². The summed E-state index contributed by atoms with van der Waals surface area (Å²) in [4.78, 5) is 18.3. The van der Waals surface area contributed by atoms with Gasteiger partial charge in [-0.25, -0.2) is 4.98 Å². The van der Waals surface area contributed by atoms with Crippen LogP contribution in [0.4, 0.5) is 5.13 Å². The SMILES string of the molecule is COc1cccc(OC2CN([C@@H](C)C(=O)Nc3nccs3)C2)c1. The summed E-state index contributed by atoms with van der Waals surface area (Å²) in [5.41, 5.74) is 0. The van der Waals surface area contributed by atoms with Crippen LogP contribution in [0.15, 0.2) is 35.8 Å². The molecule has 23 heavy (non-hydrogen) atoms. The molecule has 1 amide bonds. The molecule has 122 valence electrons. The maximum absolute atomic E-state index is 12.1. The predicted molar refractivity (Wildman–Crippen MR) is 89.2 cm³/mol. The van der Waals surface area contributed by atoms with Crippen LogP contribution in [-0.4, -0.2) is 48.1 Å². The molecule has 2 aromatic rings. The number of nitrogens with zero attached hydrogens (tertiary/aromatic N) is 2. The van der Waals surface area contributed by atoms with Crippen LogP contribution in [-0.2, 0) is 4.79 Å². The summed E-state index contributed by atoms with van der Waals surface area (Å²) >= 11 is 1.41. The fraction of sp³-hybridized carbons (Fsp3) is 0.375. The summed E-state index contributed by atoms with van der Waals surface area (Å²) in [6.07, 6.45) is 1.77. The molecule has 2 heterocycles. The Kier molecular flexibility index (Phi) is 4.78. The third-order valence-electron chi connectivity index (χ3n) is 3.81. The highest BCUT2D eigenvalue weighted by atomic mass is 32.1. The van der Waals surface area contributed by atoms with Gasteiger partial charge in [0.25, 0.3) is 0 Å². The van der Waals surface area contributed by atoms with Crippen molar-refractivity contribution in [2.24, 2.45) is 0 Å². The van der Waals surface area contributed by atoms with Gasteiger partial charge >= 0.3 is 0 Å². The van der Waals surface area contributed by atoms with Crippen LogP contribution in [0.3, 0.4) is 0 Å². The van der Waals surface area contributed by atoms with E-state index in [2.05, 4.69) is 15.2 Å². The van der Waals surface area contributed by atoms with E-state index in [1.165, 1.54) is 11.3 Å². The van der Waals surface area contributed by atoms with Gasteiger partial charge in [0.2, 0.25) is 5.91 Å². The maximum Gasteiger partial charge on any atom is 0.243 e. The lowest BCUT2D eigenvalue weighted by Crippen LogP contribution is -2.59. The number of aromatic nitrogens is 1. The number of hydrogen-bond acceptors (Lipinski definition) is 6. The quantitative estimate of drug-likeness (QED) is 0.878. The summed E-state index contributed by atoms with van der Waals surface area (Å²) < 4.78 is 11.1. The van der Waals surface area contributed by atoms with Crippen molar-refractivity contribution >= 4 is 22.4 Å². The third-order valence-corrected chi connectivity index (χ3v) is 4.50. The Hall–Kier alpha value is -2.12. The molecule has 0 unspecified atom stereocenters. The second kappa shape index (κ2) is 6.97. The summed E-state index contributed by atoms with van der Waals surface area (Å²) in [6.45, 7) is 3.35. The lowest BCUT2D eigenvalue weighted by molar-refractivity contribution is -0.124. The number of likely N-dealkylation sites (tertiary alicyclic amines) is 1. The highest BCUT2D eigenvalue weighted by Crippen LogP contribution is 2.24. The number of methoxy groups -OCH3 is 1. The molecule has 1 aromatic carbocycles. The number of anilines is 1. The first-order valence-electron chi connectivity index (χ1n) is 7.41. The van der Waals surface area contributed by atoms with Gasteiger partial charge in [0.15, 0.2) is 5.13 Å². The zero-order chi connectivity index (χ0) is 16.2. The summed E-state index contributed by atoms with van der Waals surface area (Å²) in [6, 6.07) is 7.34. The number of rotatable bonds is 6. The Morgan fingerprint density at radius 2 is 2.22 bits per heavy atom. The number of thiazole rings is 1. The first-order chi connectivity index (χ1) is 11.2. The van der Waals surface area contributed by atoms with Crippen molar-refractivity contribution in [1.82, 2.24) is 9.88 Å². The van der Waals surface area contributed by atoms with Crippen molar-refractivity contribution in [1.29, 1.82) is 0 Å². The second-order valence-corrected chi connectivity index (χ2v) is 6.27. The van der Waals surface area contributed by atoms with E-state index in [-0.39, 0.29) is 18.1 Å². The monoisotopic (exact) mass is 333 g/mol. The predicted octanol–water partition coefficient (Wildman–Crippen LogP) is 2.24.